The number of methoxy groups -OCH3 is 2. The number of benzene rings is 2. The molecule has 4 rings (SSSR count). The minimum atomic E-state index is -0.541. The molecule has 2 aromatic heterocycles. The van der Waals surface area contributed by atoms with Gasteiger partial charge in [0.15, 0.2) is 0 Å². The van der Waals surface area contributed by atoms with Crippen molar-refractivity contribution >= 4 is 39.6 Å². The van der Waals surface area contributed by atoms with Crippen molar-refractivity contribution in [2.75, 3.05) is 24.9 Å². The SMILES string of the molecule is COc1ccc(OC)c(Nc2ncnc(Nc3cccc4ccc(C)nc34)c2[N+](=O)[O-])c1. The van der Waals surface area contributed by atoms with Crippen LogP contribution in [0.4, 0.5) is 28.7 Å². The highest BCUT2D eigenvalue weighted by Gasteiger charge is 2.25. The zero-order chi connectivity index (χ0) is 22.7. The van der Waals surface area contributed by atoms with Gasteiger partial charge >= 0.3 is 5.69 Å². The lowest BCUT2D eigenvalue weighted by atomic mass is 10.1. The number of rotatable bonds is 7. The molecule has 10 nitrogen and oxygen atoms in total. The second-order valence-electron chi connectivity index (χ2n) is 6.82. The predicted octanol–water partition coefficient (Wildman–Crippen LogP) is 4.75. The van der Waals surface area contributed by atoms with Crippen LogP contribution in [0.5, 0.6) is 11.5 Å². The third-order valence-electron chi connectivity index (χ3n) is 4.78. The summed E-state index contributed by atoms with van der Waals surface area (Å²) in [5, 5.41) is 18.9. The molecule has 2 aromatic carbocycles. The van der Waals surface area contributed by atoms with Crippen molar-refractivity contribution in [3.8, 4) is 11.5 Å². The first-order valence-corrected chi connectivity index (χ1v) is 9.62. The lowest BCUT2D eigenvalue weighted by molar-refractivity contribution is -0.383. The smallest absolute Gasteiger partial charge is 0.353 e. The second-order valence-corrected chi connectivity index (χ2v) is 6.82. The molecule has 0 saturated heterocycles. The fourth-order valence-electron chi connectivity index (χ4n) is 3.25. The van der Waals surface area contributed by atoms with Crippen LogP contribution in [0.2, 0.25) is 0 Å². The van der Waals surface area contributed by atoms with Gasteiger partial charge in [0.1, 0.15) is 17.8 Å². The summed E-state index contributed by atoms with van der Waals surface area (Å²) in [6, 6.07) is 14.5. The van der Waals surface area contributed by atoms with Crippen LogP contribution in [-0.2, 0) is 0 Å². The van der Waals surface area contributed by atoms with Crippen molar-refractivity contribution in [3.05, 3.63) is 70.7 Å². The van der Waals surface area contributed by atoms with E-state index in [1.54, 1.807) is 24.3 Å². The predicted molar refractivity (Wildman–Crippen MR) is 121 cm³/mol. The molecule has 0 saturated carbocycles. The number of pyridine rings is 1. The largest absolute Gasteiger partial charge is 0.497 e. The molecular weight excluding hydrogens is 412 g/mol. The van der Waals surface area contributed by atoms with Gasteiger partial charge in [0.05, 0.1) is 36.0 Å². The van der Waals surface area contributed by atoms with Gasteiger partial charge < -0.3 is 20.1 Å². The molecule has 4 aromatic rings. The van der Waals surface area contributed by atoms with E-state index in [9.17, 15) is 10.1 Å². The molecule has 0 atom stereocenters. The Morgan fingerprint density at radius 2 is 1.69 bits per heavy atom. The lowest BCUT2D eigenvalue weighted by Crippen LogP contribution is -2.06. The molecule has 0 radical (unpaired) electrons. The highest BCUT2D eigenvalue weighted by Crippen LogP contribution is 2.37. The van der Waals surface area contributed by atoms with Crippen LogP contribution >= 0.6 is 0 Å². The third kappa shape index (κ3) is 4.06. The maximum atomic E-state index is 12.0. The minimum Gasteiger partial charge on any atom is -0.497 e. The fourth-order valence-corrected chi connectivity index (χ4v) is 3.25. The summed E-state index contributed by atoms with van der Waals surface area (Å²) >= 11 is 0. The summed E-state index contributed by atoms with van der Waals surface area (Å²) in [7, 11) is 3.03. The second kappa shape index (κ2) is 8.72. The molecule has 0 fully saturated rings. The van der Waals surface area contributed by atoms with Crippen LogP contribution in [0.1, 0.15) is 5.69 Å². The topological polar surface area (TPSA) is 124 Å². The Morgan fingerprint density at radius 3 is 2.38 bits per heavy atom. The van der Waals surface area contributed by atoms with Gasteiger partial charge in [0, 0.05) is 17.1 Å². The Hall–Kier alpha value is -4.47. The Balaban J connectivity index is 1.78. The highest BCUT2D eigenvalue weighted by molar-refractivity contribution is 5.93. The number of ether oxygens (including phenoxy) is 2. The van der Waals surface area contributed by atoms with Gasteiger partial charge in [0.25, 0.3) is 0 Å². The van der Waals surface area contributed by atoms with Crippen molar-refractivity contribution < 1.29 is 14.4 Å². The molecule has 0 bridgehead atoms. The number of nitro groups is 1. The first kappa shape index (κ1) is 20.8. The number of para-hydroxylation sites is 1. The van der Waals surface area contributed by atoms with Crippen LogP contribution < -0.4 is 20.1 Å². The molecule has 0 aliphatic heterocycles. The number of anilines is 4. The Labute approximate surface area is 183 Å². The minimum absolute atomic E-state index is 0.00318. The lowest BCUT2D eigenvalue weighted by Gasteiger charge is -2.14. The van der Waals surface area contributed by atoms with E-state index in [-0.39, 0.29) is 17.3 Å². The molecule has 0 spiro atoms. The zero-order valence-corrected chi connectivity index (χ0v) is 17.6. The van der Waals surface area contributed by atoms with E-state index in [0.29, 0.717) is 28.4 Å². The molecule has 0 aliphatic carbocycles. The maximum Gasteiger partial charge on any atom is 0.353 e. The van der Waals surface area contributed by atoms with Gasteiger partial charge in [-0.25, -0.2) is 9.97 Å². The number of nitrogens with zero attached hydrogens (tertiary/aromatic N) is 4. The van der Waals surface area contributed by atoms with E-state index < -0.39 is 4.92 Å². The molecule has 10 heteroatoms. The summed E-state index contributed by atoms with van der Waals surface area (Å²) in [4.78, 5) is 24.2. The number of hydrogen-bond acceptors (Lipinski definition) is 9. The Kier molecular flexibility index (Phi) is 5.67. The molecule has 0 aliphatic rings. The summed E-state index contributed by atoms with van der Waals surface area (Å²) in [5.74, 6) is 1.07. The van der Waals surface area contributed by atoms with E-state index in [1.807, 2.05) is 31.2 Å². The molecule has 2 heterocycles. The number of aromatic nitrogens is 3. The highest BCUT2D eigenvalue weighted by atomic mass is 16.6. The monoisotopic (exact) mass is 432 g/mol. The summed E-state index contributed by atoms with van der Waals surface area (Å²) in [6.07, 6.45) is 1.24. The molecule has 32 heavy (non-hydrogen) atoms. The number of nitrogens with one attached hydrogen (secondary N) is 2. The third-order valence-corrected chi connectivity index (χ3v) is 4.78. The molecule has 162 valence electrons. The summed E-state index contributed by atoms with van der Waals surface area (Å²) < 4.78 is 10.6. The Bertz CT molecular complexity index is 1310. The molecule has 0 unspecified atom stereocenters. The van der Waals surface area contributed by atoms with Crippen molar-refractivity contribution in [3.63, 3.8) is 0 Å². The molecule has 2 N–H and O–H groups in total. The summed E-state index contributed by atoms with van der Waals surface area (Å²) in [6.45, 7) is 1.88. The van der Waals surface area contributed by atoms with Crippen molar-refractivity contribution in [1.82, 2.24) is 15.0 Å². The van der Waals surface area contributed by atoms with E-state index in [2.05, 4.69) is 25.6 Å². The van der Waals surface area contributed by atoms with Crippen molar-refractivity contribution in [1.29, 1.82) is 0 Å². The van der Waals surface area contributed by atoms with Crippen LogP contribution in [0.15, 0.2) is 54.9 Å². The maximum absolute atomic E-state index is 12.0. The number of hydrogen-bond donors (Lipinski definition) is 2. The van der Waals surface area contributed by atoms with E-state index in [0.717, 1.165) is 11.1 Å². The quantitative estimate of drug-likeness (QED) is 0.314. The first-order chi connectivity index (χ1) is 15.5. The number of aryl methyl sites for hydroxylation is 1. The van der Waals surface area contributed by atoms with Gasteiger partial charge in [-0.15, -0.1) is 0 Å². The van der Waals surface area contributed by atoms with Crippen molar-refractivity contribution in [2.24, 2.45) is 0 Å². The van der Waals surface area contributed by atoms with Gasteiger partial charge in [-0.1, -0.05) is 18.2 Å². The average molecular weight is 432 g/mol. The standard InChI is InChI=1S/C22H20N6O4/c1-13-7-8-14-5-4-6-16(19(14)25-13)26-21-20(28(29)30)22(24-12-23-21)27-17-11-15(31-2)9-10-18(17)32-3/h4-12H,1-3H3,(H2,23,24,26,27). The van der Waals surface area contributed by atoms with Gasteiger partial charge in [-0.2, -0.15) is 0 Å². The van der Waals surface area contributed by atoms with Gasteiger partial charge in [-0.3, -0.25) is 15.1 Å². The summed E-state index contributed by atoms with van der Waals surface area (Å²) in [5.41, 5.74) is 2.25. The number of fused-ring (bicyclic) bond motifs is 1. The Morgan fingerprint density at radius 1 is 0.938 bits per heavy atom. The van der Waals surface area contributed by atoms with E-state index in [4.69, 9.17) is 9.47 Å². The van der Waals surface area contributed by atoms with Crippen LogP contribution in [-0.4, -0.2) is 34.1 Å². The van der Waals surface area contributed by atoms with E-state index in [1.165, 1.54) is 20.5 Å². The van der Waals surface area contributed by atoms with E-state index >= 15 is 0 Å². The molecule has 0 amide bonds. The fraction of sp³-hybridized carbons (Fsp3) is 0.136. The first-order valence-electron chi connectivity index (χ1n) is 9.62. The normalized spacial score (nSPS) is 10.6. The molecular formula is C22H20N6O4. The van der Waals surface area contributed by atoms with Gasteiger partial charge in [0.2, 0.25) is 11.6 Å². The van der Waals surface area contributed by atoms with Crippen molar-refractivity contribution in [2.45, 2.75) is 6.92 Å². The van der Waals surface area contributed by atoms with Gasteiger partial charge in [-0.05, 0) is 31.2 Å². The average Bonchev–Trinajstić information content (AvgIpc) is 2.79. The van der Waals surface area contributed by atoms with Crippen LogP contribution in [0.3, 0.4) is 0 Å². The zero-order valence-electron chi connectivity index (χ0n) is 17.6. The van der Waals surface area contributed by atoms with Crippen LogP contribution in [0.25, 0.3) is 10.9 Å². The van der Waals surface area contributed by atoms with Crippen LogP contribution in [0, 0.1) is 17.0 Å².